The predicted octanol–water partition coefficient (Wildman–Crippen LogP) is 1.94. The molecular weight excluding hydrogens is 323 g/mol. The monoisotopic (exact) mass is 344 g/mol. The molecule has 5 nitrogen and oxygen atoms in total. The molecule has 2 N–H and O–H groups in total. The van der Waals surface area contributed by atoms with E-state index in [0.29, 0.717) is 42.9 Å². The molecule has 1 aromatic rings. The normalized spacial score (nSPS) is 14.3. The topological polar surface area (TPSA) is 64.8 Å². The van der Waals surface area contributed by atoms with E-state index in [0.717, 1.165) is 12.0 Å². The summed E-state index contributed by atoms with van der Waals surface area (Å²) in [5, 5.41) is 0. The first-order valence-electron chi connectivity index (χ1n) is 7.21. The molecule has 7 heteroatoms. The van der Waals surface area contributed by atoms with Crippen LogP contribution in [0.25, 0.3) is 0 Å². The van der Waals surface area contributed by atoms with E-state index in [9.17, 15) is 9.18 Å². The van der Waals surface area contributed by atoms with Crippen LogP contribution in [0.1, 0.15) is 15.9 Å². The second kappa shape index (κ2) is 9.50. The largest absolute Gasteiger partial charge is 0.489 e. The number of halogens is 2. The molecule has 1 heterocycles. The van der Waals surface area contributed by atoms with Crippen LogP contribution in [0.5, 0.6) is 5.75 Å². The van der Waals surface area contributed by atoms with Crippen LogP contribution in [-0.4, -0.2) is 50.8 Å². The van der Waals surface area contributed by atoms with Crippen LogP contribution in [0.4, 0.5) is 4.39 Å². The third-order valence-electron chi connectivity index (χ3n) is 3.65. The molecule has 0 unspecified atom stereocenters. The second-order valence-corrected chi connectivity index (χ2v) is 5.11. The maximum absolute atomic E-state index is 12.4. The van der Waals surface area contributed by atoms with Crippen LogP contribution in [0.3, 0.4) is 0 Å². The van der Waals surface area contributed by atoms with Gasteiger partial charge >= 0.3 is 0 Å². The molecule has 23 heavy (non-hydrogen) atoms. The van der Waals surface area contributed by atoms with Gasteiger partial charge in [-0.15, -0.1) is 12.4 Å². The average molecular weight is 345 g/mol. The highest BCUT2D eigenvalue weighted by atomic mass is 35.5. The van der Waals surface area contributed by atoms with Crippen molar-refractivity contribution in [3.05, 3.63) is 41.2 Å². The number of rotatable bonds is 7. The second-order valence-electron chi connectivity index (χ2n) is 5.11. The molecule has 0 bridgehead atoms. The fourth-order valence-corrected chi connectivity index (χ4v) is 2.33. The van der Waals surface area contributed by atoms with Crippen molar-refractivity contribution < 1.29 is 18.7 Å². The summed E-state index contributed by atoms with van der Waals surface area (Å²) in [5.74, 6) is 0.626. The Morgan fingerprint density at radius 2 is 2.26 bits per heavy atom. The molecule has 0 atom stereocenters. The molecule has 1 amide bonds. The molecule has 0 radical (unpaired) electrons. The number of carbonyl (C=O) groups excluding carboxylic acids is 1. The Balaban J connectivity index is 0.00000264. The lowest BCUT2D eigenvalue weighted by Gasteiger charge is -2.28. The number of amides is 1. The van der Waals surface area contributed by atoms with E-state index < -0.39 is 0 Å². The summed E-state index contributed by atoms with van der Waals surface area (Å²) in [7, 11) is 1.62. The molecule has 1 aliphatic rings. The summed E-state index contributed by atoms with van der Waals surface area (Å²) in [6.07, 6.45) is 1.24. The molecule has 1 aliphatic heterocycles. The molecule has 1 aromatic carbocycles. The van der Waals surface area contributed by atoms with E-state index in [1.165, 1.54) is 0 Å². The van der Waals surface area contributed by atoms with Gasteiger partial charge in [0.1, 0.15) is 12.4 Å². The third kappa shape index (κ3) is 4.92. The van der Waals surface area contributed by atoms with Crippen molar-refractivity contribution >= 4 is 18.3 Å². The lowest BCUT2D eigenvalue weighted by Crippen LogP contribution is -2.39. The van der Waals surface area contributed by atoms with Gasteiger partial charge in [-0.05, 0) is 30.2 Å². The number of ether oxygens (including phenoxy) is 2. The number of nitrogens with zero attached hydrogens (tertiary/aromatic N) is 1. The summed E-state index contributed by atoms with van der Waals surface area (Å²) < 4.78 is 23.0. The van der Waals surface area contributed by atoms with Crippen LogP contribution >= 0.6 is 12.4 Å². The zero-order chi connectivity index (χ0) is 15.9. The van der Waals surface area contributed by atoms with Crippen molar-refractivity contribution in [1.29, 1.82) is 0 Å². The van der Waals surface area contributed by atoms with Gasteiger partial charge in [-0.2, -0.15) is 0 Å². The lowest BCUT2D eigenvalue weighted by atomic mass is 9.98. The first-order valence-corrected chi connectivity index (χ1v) is 7.21. The first-order chi connectivity index (χ1) is 10.7. The predicted molar refractivity (Wildman–Crippen MR) is 88.9 cm³/mol. The summed E-state index contributed by atoms with van der Waals surface area (Å²) >= 11 is 0. The molecule has 0 saturated heterocycles. The van der Waals surface area contributed by atoms with Crippen molar-refractivity contribution in [2.45, 2.75) is 6.42 Å². The fraction of sp³-hybridized carbons (Fsp3) is 0.438. The smallest absolute Gasteiger partial charge is 0.254 e. The maximum atomic E-state index is 12.4. The Labute approximate surface area is 141 Å². The number of benzene rings is 1. The highest BCUT2D eigenvalue weighted by molar-refractivity contribution is 5.96. The van der Waals surface area contributed by atoms with E-state index in [2.05, 4.69) is 0 Å². The van der Waals surface area contributed by atoms with Gasteiger partial charge in [0.15, 0.2) is 0 Å². The van der Waals surface area contributed by atoms with E-state index >= 15 is 0 Å². The van der Waals surface area contributed by atoms with Crippen molar-refractivity contribution in [3.63, 3.8) is 0 Å². The van der Waals surface area contributed by atoms with Crippen LogP contribution in [-0.2, 0) is 11.2 Å². The summed E-state index contributed by atoms with van der Waals surface area (Å²) in [4.78, 5) is 14.1. The van der Waals surface area contributed by atoms with Gasteiger partial charge < -0.3 is 20.1 Å². The standard InChI is InChI=1S/C16H21FN2O3.ClH/c1-21-7-6-19-5-4-13-8-14(2-3-15(13)16(19)20)22-11-12(9-17)10-18;/h2-3,8-9H,4-7,10-11,18H2,1H3;1H/b12-9+;. The molecule has 0 aliphatic carbocycles. The van der Waals surface area contributed by atoms with Crippen molar-refractivity contribution in [1.82, 2.24) is 4.90 Å². The Morgan fingerprint density at radius 1 is 1.48 bits per heavy atom. The minimum atomic E-state index is 0. The number of methoxy groups -OCH3 is 1. The minimum absolute atomic E-state index is 0. The molecule has 2 rings (SSSR count). The third-order valence-corrected chi connectivity index (χ3v) is 3.65. The molecular formula is C16H22ClFN2O3. The van der Waals surface area contributed by atoms with Crippen molar-refractivity contribution in [2.75, 3.05) is 40.0 Å². The quantitative estimate of drug-likeness (QED) is 0.821. The summed E-state index contributed by atoms with van der Waals surface area (Å²) in [6, 6.07) is 5.32. The SMILES string of the molecule is COCCN1CCc2cc(OC/C(=C/F)CN)ccc2C1=O.Cl. The molecule has 0 aromatic heterocycles. The van der Waals surface area contributed by atoms with Crippen molar-refractivity contribution in [2.24, 2.45) is 5.73 Å². The maximum Gasteiger partial charge on any atom is 0.254 e. The first kappa shape index (κ1) is 19.4. The molecule has 128 valence electrons. The number of hydrogen-bond donors (Lipinski definition) is 1. The summed E-state index contributed by atoms with van der Waals surface area (Å²) in [5.41, 5.74) is 7.41. The number of fused-ring (bicyclic) bond motifs is 1. The number of nitrogens with two attached hydrogens (primary N) is 1. The minimum Gasteiger partial charge on any atom is -0.489 e. The van der Waals surface area contributed by atoms with Crippen LogP contribution in [0.2, 0.25) is 0 Å². The van der Waals surface area contributed by atoms with E-state index in [-0.39, 0.29) is 31.5 Å². The summed E-state index contributed by atoms with van der Waals surface area (Å²) in [6.45, 7) is 2.01. The Morgan fingerprint density at radius 3 is 2.91 bits per heavy atom. The fourth-order valence-electron chi connectivity index (χ4n) is 2.33. The van der Waals surface area contributed by atoms with Gasteiger partial charge in [-0.1, -0.05) is 0 Å². The number of hydrogen-bond acceptors (Lipinski definition) is 4. The van der Waals surface area contributed by atoms with Gasteiger partial charge in [-0.25, -0.2) is 4.39 Å². The average Bonchev–Trinajstić information content (AvgIpc) is 2.55. The molecule has 0 saturated carbocycles. The Bertz CT molecular complexity index is 566. The highest BCUT2D eigenvalue weighted by Crippen LogP contribution is 2.24. The molecule has 0 spiro atoms. The zero-order valence-electron chi connectivity index (χ0n) is 13.1. The van der Waals surface area contributed by atoms with Crippen molar-refractivity contribution in [3.8, 4) is 5.75 Å². The Kier molecular flexibility index (Phi) is 8.02. The van der Waals surface area contributed by atoms with Crippen LogP contribution in [0.15, 0.2) is 30.1 Å². The van der Waals surface area contributed by atoms with Gasteiger partial charge in [0.2, 0.25) is 0 Å². The van der Waals surface area contributed by atoms with Gasteiger partial charge in [-0.3, -0.25) is 4.79 Å². The van der Waals surface area contributed by atoms with Crippen LogP contribution < -0.4 is 10.5 Å². The molecule has 0 fully saturated rings. The van der Waals surface area contributed by atoms with Gasteiger partial charge in [0.05, 0.1) is 12.9 Å². The van der Waals surface area contributed by atoms with E-state index in [4.69, 9.17) is 15.2 Å². The lowest BCUT2D eigenvalue weighted by molar-refractivity contribution is 0.0679. The number of carbonyl (C=O) groups is 1. The highest BCUT2D eigenvalue weighted by Gasteiger charge is 2.24. The van der Waals surface area contributed by atoms with Crippen LogP contribution in [0, 0.1) is 0 Å². The van der Waals surface area contributed by atoms with Gasteiger partial charge in [0, 0.05) is 37.9 Å². The Hall–Kier alpha value is -1.63. The van der Waals surface area contributed by atoms with Gasteiger partial charge in [0.25, 0.3) is 5.91 Å². The van der Waals surface area contributed by atoms with E-state index in [1.807, 2.05) is 6.07 Å². The zero-order valence-corrected chi connectivity index (χ0v) is 13.9. The van der Waals surface area contributed by atoms with E-state index in [1.54, 1.807) is 24.1 Å².